The van der Waals surface area contributed by atoms with E-state index < -0.39 is 11.8 Å². The molecule has 23 heavy (non-hydrogen) atoms. The number of ether oxygens (including phenoxy) is 1. The monoisotopic (exact) mass is 314 g/mol. The van der Waals surface area contributed by atoms with E-state index in [1.54, 1.807) is 30.3 Å². The van der Waals surface area contributed by atoms with Crippen LogP contribution in [0.1, 0.15) is 22.3 Å². The molecule has 0 aliphatic rings. The first-order chi connectivity index (χ1) is 11.0. The zero-order valence-electron chi connectivity index (χ0n) is 12.2. The van der Waals surface area contributed by atoms with Crippen LogP contribution in [0.3, 0.4) is 0 Å². The molecule has 1 N–H and O–H groups in total. The van der Waals surface area contributed by atoms with E-state index in [1.165, 1.54) is 30.3 Å². The maximum atomic E-state index is 12.8. The summed E-state index contributed by atoms with van der Waals surface area (Å²) in [5.74, 6) is -1.02. The average molecular weight is 314 g/mol. The maximum absolute atomic E-state index is 12.8. The largest absolute Gasteiger partial charge is 0.493 e. The number of allylic oxidation sites excluding steroid dienone is 1. The number of ketones is 1. The van der Waals surface area contributed by atoms with Crippen molar-refractivity contribution in [3.05, 3.63) is 71.6 Å². The van der Waals surface area contributed by atoms with Crippen LogP contribution < -0.4 is 4.74 Å². The van der Waals surface area contributed by atoms with Crippen LogP contribution in [0.25, 0.3) is 6.08 Å². The van der Waals surface area contributed by atoms with Crippen molar-refractivity contribution < 1.29 is 23.8 Å². The average Bonchev–Trinajstić information content (AvgIpc) is 2.53. The number of carbonyl (C=O) groups is 2. The van der Waals surface area contributed by atoms with Crippen molar-refractivity contribution in [1.82, 2.24) is 0 Å². The number of carboxylic acid groups (broad SMARTS) is 1. The molecular formula is C18H15FO4. The highest BCUT2D eigenvalue weighted by atomic mass is 19.1. The van der Waals surface area contributed by atoms with Crippen LogP contribution in [0.15, 0.2) is 54.6 Å². The molecule has 0 bridgehead atoms. The van der Waals surface area contributed by atoms with E-state index in [0.717, 1.165) is 5.56 Å². The lowest BCUT2D eigenvalue weighted by Gasteiger charge is -2.05. The van der Waals surface area contributed by atoms with Crippen molar-refractivity contribution in [1.29, 1.82) is 0 Å². The zero-order valence-corrected chi connectivity index (χ0v) is 12.2. The summed E-state index contributed by atoms with van der Waals surface area (Å²) in [6.07, 6.45) is 2.93. The molecule has 0 unspecified atom stereocenters. The molecule has 0 saturated heterocycles. The number of hydrogen-bond acceptors (Lipinski definition) is 3. The molecule has 0 radical (unpaired) electrons. The summed E-state index contributed by atoms with van der Waals surface area (Å²) < 4.78 is 18.1. The van der Waals surface area contributed by atoms with Gasteiger partial charge in [0.15, 0.2) is 5.78 Å². The number of rotatable bonds is 7. The highest BCUT2D eigenvalue weighted by Crippen LogP contribution is 2.15. The Morgan fingerprint density at radius 1 is 1.13 bits per heavy atom. The molecule has 0 spiro atoms. The van der Waals surface area contributed by atoms with Gasteiger partial charge in [-0.2, -0.15) is 0 Å². The van der Waals surface area contributed by atoms with Gasteiger partial charge in [0.1, 0.15) is 11.6 Å². The quantitative estimate of drug-likeness (QED) is 0.627. The van der Waals surface area contributed by atoms with Crippen molar-refractivity contribution in [2.45, 2.75) is 6.42 Å². The fraction of sp³-hybridized carbons (Fsp3) is 0.111. The van der Waals surface area contributed by atoms with E-state index in [0.29, 0.717) is 11.3 Å². The first-order valence-corrected chi connectivity index (χ1v) is 6.97. The molecule has 118 valence electrons. The van der Waals surface area contributed by atoms with Gasteiger partial charge in [-0.05, 0) is 48.0 Å². The van der Waals surface area contributed by atoms with Crippen molar-refractivity contribution in [3.63, 3.8) is 0 Å². The van der Waals surface area contributed by atoms with Gasteiger partial charge in [0.05, 0.1) is 13.0 Å². The van der Waals surface area contributed by atoms with Crippen molar-refractivity contribution in [2.75, 3.05) is 6.61 Å². The Balaban J connectivity index is 2.00. The number of halogens is 1. The predicted octanol–water partition coefficient (Wildman–Crippen LogP) is 3.58. The van der Waals surface area contributed by atoms with Gasteiger partial charge in [0, 0.05) is 5.56 Å². The molecule has 4 nitrogen and oxygen atoms in total. The minimum absolute atomic E-state index is 0.0802. The van der Waals surface area contributed by atoms with Gasteiger partial charge in [-0.3, -0.25) is 9.59 Å². The number of aliphatic carboxylic acids is 1. The highest BCUT2D eigenvalue weighted by molar-refractivity contribution is 6.06. The molecule has 0 amide bonds. The van der Waals surface area contributed by atoms with Crippen LogP contribution in [0.2, 0.25) is 0 Å². The molecule has 0 heterocycles. The van der Waals surface area contributed by atoms with Gasteiger partial charge < -0.3 is 9.84 Å². The van der Waals surface area contributed by atoms with Crippen LogP contribution in [-0.4, -0.2) is 23.5 Å². The molecule has 5 heteroatoms. The zero-order chi connectivity index (χ0) is 16.7. The fourth-order valence-corrected chi connectivity index (χ4v) is 1.85. The summed E-state index contributed by atoms with van der Waals surface area (Å²) >= 11 is 0. The smallest absolute Gasteiger partial charge is 0.306 e. The first kappa shape index (κ1) is 16.4. The van der Waals surface area contributed by atoms with Crippen LogP contribution >= 0.6 is 0 Å². The minimum atomic E-state index is -0.925. The second-order valence-corrected chi connectivity index (χ2v) is 4.77. The van der Waals surface area contributed by atoms with Gasteiger partial charge in [0.25, 0.3) is 0 Å². The Bertz CT molecular complexity index is 720. The fourth-order valence-electron chi connectivity index (χ4n) is 1.85. The standard InChI is InChI=1S/C18H15FO4/c19-15-7-5-14(6-8-15)17(20)9-4-13-2-1-3-16(12-13)23-11-10-18(21)22/h1-9,12H,10-11H2,(H,21,22). The number of hydrogen-bond donors (Lipinski definition) is 1. The lowest BCUT2D eigenvalue weighted by atomic mass is 10.1. The maximum Gasteiger partial charge on any atom is 0.306 e. The number of benzene rings is 2. The minimum Gasteiger partial charge on any atom is -0.493 e. The van der Waals surface area contributed by atoms with Gasteiger partial charge in [-0.25, -0.2) is 4.39 Å². The topological polar surface area (TPSA) is 63.6 Å². The number of carbonyl (C=O) groups excluding carboxylic acids is 1. The molecule has 0 atom stereocenters. The summed E-state index contributed by atoms with van der Waals surface area (Å²) in [6, 6.07) is 12.3. The normalized spacial score (nSPS) is 10.7. The molecule has 2 aromatic carbocycles. The van der Waals surface area contributed by atoms with E-state index >= 15 is 0 Å². The lowest BCUT2D eigenvalue weighted by molar-refractivity contribution is -0.137. The third-order valence-corrected chi connectivity index (χ3v) is 3.00. The van der Waals surface area contributed by atoms with Gasteiger partial charge >= 0.3 is 5.97 Å². The van der Waals surface area contributed by atoms with Crippen LogP contribution in [0.5, 0.6) is 5.75 Å². The van der Waals surface area contributed by atoms with E-state index in [4.69, 9.17) is 9.84 Å². The van der Waals surface area contributed by atoms with Gasteiger partial charge in [-0.1, -0.05) is 18.2 Å². The molecule has 0 saturated carbocycles. The molecule has 0 fully saturated rings. The van der Waals surface area contributed by atoms with Crippen LogP contribution in [0, 0.1) is 5.82 Å². The summed E-state index contributed by atoms with van der Waals surface area (Å²) in [7, 11) is 0. The molecular weight excluding hydrogens is 299 g/mol. The first-order valence-electron chi connectivity index (χ1n) is 6.97. The highest BCUT2D eigenvalue weighted by Gasteiger charge is 2.02. The molecule has 0 aliphatic carbocycles. The molecule has 2 rings (SSSR count). The summed E-state index contributed by atoms with van der Waals surface area (Å²) in [5.41, 5.74) is 1.14. The Morgan fingerprint density at radius 2 is 1.87 bits per heavy atom. The third-order valence-electron chi connectivity index (χ3n) is 3.00. The Morgan fingerprint density at radius 3 is 2.57 bits per heavy atom. The van der Waals surface area contributed by atoms with Gasteiger partial charge in [-0.15, -0.1) is 0 Å². The summed E-state index contributed by atoms with van der Waals surface area (Å²) in [4.78, 5) is 22.4. The molecule has 2 aromatic rings. The Labute approximate surface area is 132 Å². The third kappa shape index (κ3) is 5.39. The van der Waals surface area contributed by atoms with E-state index in [1.807, 2.05) is 0 Å². The molecule has 0 aromatic heterocycles. The number of carboxylic acids is 1. The van der Waals surface area contributed by atoms with Crippen molar-refractivity contribution in [3.8, 4) is 5.75 Å². The van der Waals surface area contributed by atoms with Crippen molar-refractivity contribution in [2.24, 2.45) is 0 Å². The van der Waals surface area contributed by atoms with E-state index in [9.17, 15) is 14.0 Å². The van der Waals surface area contributed by atoms with Gasteiger partial charge in [0.2, 0.25) is 0 Å². The summed E-state index contributed by atoms with van der Waals surface area (Å²) in [5, 5.41) is 8.56. The van der Waals surface area contributed by atoms with Crippen molar-refractivity contribution >= 4 is 17.8 Å². The van der Waals surface area contributed by atoms with E-state index in [-0.39, 0.29) is 18.8 Å². The second-order valence-electron chi connectivity index (χ2n) is 4.77. The summed E-state index contributed by atoms with van der Waals surface area (Å²) in [6.45, 7) is 0.0804. The second kappa shape index (κ2) is 7.89. The Hall–Kier alpha value is -2.95. The Kier molecular flexibility index (Phi) is 5.63. The van der Waals surface area contributed by atoms with E-state index in [2.05, 4.69) is 0 Å². The SMILES string of the molecule is O=C(O)CCOc1cccc(C=CC(=O)c2ccc(F)cc2)c1. The predicted molar refractivity (Wildman–Crippen MR) is 84.0 cm³/mol. The van der Waals surface area contributed by atoms with Crippen LogP contribution in [0.4, 0.5) is 4.39 Å². The lowest BCUT2D eigenvalue weighted by Crippen LogP contribution is -2.04. The molecule has 0 aliphatic heterocycles. The van der Waals surface area contributed by atoms with Crippen LogP contribution in [-0.2, 0) is 4.79 Å².